The van der Waals surface area contributed by atoms with E-state index >= 15 is 0 Å². The van der Waals surface area contributed by atoms with Gasteiger partial charge in [-0.05, 0) is 32.0 Å². The second-order valence-electron chi connectivity index (χ2n) is 3.80. The Kier molecular flexibility index (Phi) is 3.64. The number of rotatable bonds is 3. The molecule has 1 unspecified atom stereocenters. The van der Waals surface area contributed by atoms with Crippen molar-refractivity contribution in [3.05, 3.63) is 45.0 Å². The van der Waals surface area contributed by atoms with Crippen molar-refractivity contribution in [2.75, 3.05) is 5.32 Å². The Balaban J connectivity index is 2.15. The zero-order chi connectivity index (χ0) is 12.4. The Labute approximate surface area is 108 Å². The minimum atomic E-state index is -0.433. The van der Waals surface area contributed by atoms with Gasteiger partial charge in [-0.15, -0.1) is 11.3 Å². The van der Waals surface area contributed by atoms with E-state index < -0.39 is 5.82 Å². The van der Waals surface area contributed by atoms with E-state index in [4.69, 9.17) is 11.6 Å². The molecule has 5 heteroatoms. The van der Waals surface area contributed by atoms with Gasteiger partial charge in [-0.1, -0.05) is 11.6 Å². The van der Waals surface area contributed by atoms with Crippen LogP contribution < -0.4 is 5.32 Å². The fourth-order valence-electron chi connectivity index (χ4n) is 1.48. The summed E-state index contributed by atoms with van der Waals surface area (Å²) >= 11 is 7.33. The molecule has 0 amide bonds. The highest BCUT2D eigenvalue weighted by molar-refractivity contribution is 7.12. The Hall–Kier alpha value is -1.13. The van der Waals surface area contributed by atoms with Crippen LogP contribution in [0.2, 0.25) is 5.02 Å². The fraction of sp³-hybridized carbons (Fsp3) is 0.250. The molecular weight excluding hydrogens is 259 g/mol. The maximum atomic E-state index is 13.5. The molecule has 2 aromatic rings. The number of hydrogen-bond donors (Lipinski definition) is 1. The van der Waals surface area contributed by atoms with Crippen LogP contribution in [0.5, 0.6) is 0 Å². The Morgan fingerprint density at radius 1 is 1.47 bits per heavy atom. The Bertz CT molecular complexity index is 527. The van der Waals surface area contributed by atoms with Crippen molar-refractivity contribution in [2.24, 2.45) is 0 Å². The molecule has 0 aliphatic heterocycles. The van der Waals surface area contributed by atoms with Crippen molar-refractivity contribution >= 4 is 28.8 Å². The number of pyridine rings is 1. The minimum Gasteiger partial charge on any atom is -0.360 e. The van der Waals surface area contributed by atoms with E-state index in [0.29, 0.717) is 5.02 Å². The third kappa shape index (κ3) is 2.96. The quantitative estimate of drug-likeness (QED) is 0.893. The third-order valence-corrected chi connectivity index (χ3v) is 3.74. The van der Waals surface area contributed by atoms with Crippen molar-refractivity contribution in [3.63, 3.8) is 0 Å². The summed E-state index contributed by atoms with van der Waals surface area (Å²) in [5.74, 6) is -0.203. The molecule has 2 heterocycles. The number of halogens is 2. The monoisotopic (exact) mass is 270 g/mol. The maximum absolute atomic E-state index is 13.5. The van der Waals surface area contributed by atoms with Gasteiger partial charge in [0.05, 0.1) is 11.1 Å². The Morgan fingerprint density at radius 2 is 2.24 bits per heavy atom. The highest BCUT2D eigenvalue weighted by atomic mass is 35.5. The molecule has 0 saturated carbocycles. The highest BCUT2D eigenvalue weighted by Gasteiger charge is 2.11. The van der Waals surface area contributed by atoms with Gasteiger partial charge in [0.15, 0.2) is 11.6 Å². The van der Waals surface area contributed by atoms with E-state index in [9.17, 15) is 4.39 Å². The molecule has 2 nitrogen and oxygen atoms in total. The molecular formula is C12H12ClFN2S. The molecule has 90 valence electrons. The first-order valence-electron chi connectivity index (χ1n) is 5.20. The number of anilines is 1. The van der Waals surface area contributed by atoms with E-state index in [1.807, 2.05) is 26.0 Å². The van der Waals surface area contributed by atoms with Crippen molar-refractivity contribution in [3.8, 4) is 0 Å². The molecule has 0 saturated heterocycles. The zero-order valence-corrected chi connectivity index (χ0v) is 11.1. The van der Waals surface area contributed by atoms with Crippen LogP contribution in [0.4, 0.5) is 10.2 Å². The lowest BCUT2D eigenvalue weighted by atomic mass is 10.2. The summed E-state index contributed by atoms with van der Waals surface area (Å²) in [7, 11) is 0. The number of nitrogens with one attached hydrogen (secondary N) is 1. The summed E-state index contributed by atoms with van der Waals surface area (Å²) < 4.78 is 13.5. The van der Waals surface area contributed by atoms with Gasteiger partial charge in [-0.2, -0.15) is 0 Å². The first-order chi connectivity index (χ1) is 8.06. The van der Waals surface area contributed by atoms with Crippen LogP contribution >= 0.6 is 22.9 Å². The molecule has 1 N–H and O–H groups in total. The van der Waals surface area contributed by atoms with Gasteiger partial charge < -0.3 is 5.32 Å². The molecule has 0 fully saturated rings. The minimum absolute atomic E-state index is 0.0249. The van der Waals surface area contributed by atoms with Crippen LogP contribution in [0.1, 0.15) is 22.7 Å². The molecule has 1 atom stereocenters. The summed E-state index contributed by atoms with van der Waals surface area (Å²) in [5.41, 5.74) is 0. The summed E-state index contributed by atoms with van der Waals surface area (Å²) in [5, 5.41) is 3.33. The zero-order valence-electron chi connectivity index (χ0n) is 9.50. The van der Waals surface area contributed by atoms with E-state index in [2.05, 4.69) is 10.3 Å². The molecule has 0 aliphatic rings. The number of aryl methyl sites for hydroxylation is 1. The van der Waals surface area contributed by atoms with Gasteiger partial charge in [0.2, 0.25) is 0 Å². The molecule has 0 aliphatic carbocycles. The van der Waals surface area contributed by atoms with Crippen molar-refractivity contribution in [1.82, 2.24) is 4.98 Å². The summed E-state index contributed by atoms with van der Waals surface area (Å²) in [6.07, 6.45) is 1.43. The predicted molar refractivity (Wildman–Crippen MR) is 70.3 cm³/mol. The second kappa shape index (κ2) is 5.02. The van der Waals surface area contributed by atoms with Gasteiger partial charge in [0.1, 0.15) is 0 Å². The average Bonchev–Trinajstić information content (AvgIpc) is 2.69. The lowest BCUT2D eigenvalue weighted by Gasteiger charge is -2.13. The normalized spacial score (nSPS) is 12.5. The van der Waals surface area contributed by atoms with E-state index in [-0.39, 0.29) is 11.9 Å². The van der Waals surface area contributed by atoms with Crippen LogP contribution in [0.15, 0.2) is 24.4 Å². The lowest BCUT2D eigenvalue weighted by molar-refractivity contribution is 0.621. The molecule has 2 aromatic heterocycles. The molecule has 0 radical (unpaired) electrons. The van der Waals surface area contributed by atoms with Gasteiger partial charge in [0.25, 0.3) is 0 Å². The van der Waals surface area contributed by atoms with E-state index in [1.54, 1.807) is 11.3 Å². The number of nitrogens with zero attached hydrogens (tertiary/aromatic N) is 1. The second-order valence-corrected chi connectivity index (χ2v) is 5.55. The first kappa shape index (κ1) is 12.3. The van der Waals surface area contributed by atoms with E-state index in [1.165, 1.54) is 17.1 Å². The van der Waals surface area contributed by atoms with Crippen LogP contribution in [-0.2, 0) is 0 Å². The van der Waals surface area contributed by atoms with Gasteiger partial charge in [-0.25, -0.2) is 9.37 Å². The molecule has 0 aromatic carbocycles. The van der Waals surface area contributed by atoms with Crippen LogP contribution in [0.25, 0.3) is 0 Å². The van der Waals surface area contributed by atoms with Gasteiger partial charge >= 0.3 is 0 Å². The fourth-order valence-corrected chi connectivity index (χ4v) is 2.51. The maximum Gasteiger partial charge on any atom is 0.166 e. The SMILES string of the molecule is Cc1ccc(C(C)Nc2ncc(Cl)cc2F)s1. The summed E-state index contributed by atoms with van der Waals surface area (Å²) in [6.45, 7) is 4.02. The van der Waals surface area contributed by atoms with Crippen LogP contribution in [0.3, 0.4) is 0 Å². The molecule has 0 bridgehead atoms. The smallest absolute Gasteiger partial charge is 0.166 e. The number of aromatic nitrogens is 1. The predicted octanol–water partition coefficient (Wildman–Crippen LogP) is 4.42. The first-order valence-corrected chi connectivity index (χ1v) is 6.39. The molecule has 0 spiro atoms. The summed E-state index contributed by atoms with van der Waals surface area (Å²) in [4.78, 5) is 6.32. The van der Waals surface area contributed by atoms with Gasteiger partial charge in [-0.3, -0.25) is 0 Å². The third-order valence-electron chi connectivity index (χ3n) is 2.35. The highest BCUT2D eigenvalue weighted by Crippen LogP contribution is 2.26. The average molecular weight is 271 g/mol. The van der Waals surface area contributed by atoms with Crippen molar-refractivity contribution in [1.29, 1.82) is 0 Å². The van der Waals surface area contributed by atoms with E-state index in [0.717, 1.165) is 4.88 Å². The van der Waals surface area contributed by atoms with Crippen molar-refractivity contribution in [2.45, 2.75) is 19.9 Å². The van der Waals surface area contributed by atoms with Crippen molar-refractivity contribution < 1.29 is 4.39 Å². The lowest BCUT2D eigenvalue weighted by Crippen LogP contribution is -2.07. The van der Waals surface area contributed by atoms with Crippen LogP contribution in [-0.4, -0.2) is 4.98 Å². The molecule has 2 rings (SSSR count). The van der Waals surface area contributed by atoms with Crippen LogP contribution in [0, 0.1) is 12.7 Å². The topological polar surface area (TPSA) is 24.9 Å². The molecule has 17 heavy (non-hydrogen) atoms. The number of thiophene rings is 1. The summed E-state index contributed by atoms with van der Waals surface area (Å²) in [6, 6.07) is 5.36. The Morgan fingerprint density at radius 3 is 2.82 bits per heavy atom. The van der Waals surface area contributed by atoms with Gasteiger partial charge in [0, 0.05) is 16.0 Å². The number of hydrogen-bond acceptors (Lipinski definition) is 3. The largest absolute Gasteiger partial charge is 0.360 e. The standard InChI is InChI=1S/C12H12ClFN2S/c1-7-3-4-11(17-7)8(2)16-12-10(14)5-9(13)6-15-12/h3-6,8H,1-2H3,(H,15,16).